The minimum atomic E-state index is 0.352. The Balaban J connectivity index is 1.70. The van der Waals surface area contributed by atoms with E-state index >= 15 is 0 Å². The molecule has 2 fully saturated rings. The second-order valence-electron chi connectivity index (χ2n) is 5.69. The van der Waals surface area contributed by atoms with Crippen LogP contribution in [-0.2, 0) is 4.79 Å². The lowest BCUT2D eigenvalue weighted by Crippen LogP contribution is -2.46. The number of likely N-dealkylation sites (N-methyl/N-ethyl adjacent to an activating group) is 1. The quantitative estimate of drug-likeness (QED) is 0.814. The molecule has 1 aliphatic carbocycles. The summed E-state index contributed by atoms with van der Waals surface area (Å²) in [4.78, 5) is 14.1. The van der Waals surface area contributed by atoms with E-state index in [4.69, 9.17) is 0 Å². The Morgan fingerprint density at radius 1 is 1.24 bits per heavy atom. The largest absolute Gasteiger partial charge is 0.342 e. The zero-order chi connectivity index (χ0) is 12.1. The van der Waals surface area contributed by atoms with Gasteiger partial charge in [0.2, 0.25) is 5.91 Å². The maximum absolute atomic E-state index is 12.1. The number of carbonyl (C=O) groups excluding carboxylic acids is 1. The topological polar surface area (TPSA) is 32.3 Å². The lowest BCUT2D eigenvalue weighted by atomic mass is 10.0. The van der Waals surface area contributed by atoms with Crippen molar-refractivity contribution in [2.24, 2.45) is 5.92 Å². The van der Waals surface area contributed by atoms with E-state index in [2.05, 4.69) is 5.32 Å². The van der Waals surface area contributed by atoms with E-state index in [-0.39, 0.29) is 0 Å². The monoisotopic (exact) mass is 238 g/mol. The summed E-state index contributed by atoms with van der Waals surface area (Å²) in [5.74, 6) is 1.18. The number of piperidine rings is 1. The summed E-state index contributed by atoms with van der Waals surface area (Å²) in [6.45, 7) is 2.09. The van der Waals surface area contributed by atoms with Crippen LogP contribution in [0.4, 0.5) is 0 Å². The Kier molecular flexibility index (Phi) is 4.84. The predicted molar refractivity (Wildman–Crippen MR) is 69.9 cm³/mol. The molecule has 0 aromatic carbocycles. The van der Waals surface area contributed by atoms with E-state index in [9.17, 15) is 4.79 Å². The molecule has 1 aliphatic heterocycles. The first-order valence-electron chi connectivity index (χ1n) is 7.24. The Morgan fingerprint density at radius 2 is 2.00 bits per heavy atom. The van der Waals surface area contributed by atoms with Gasteiger partial charge in [0.1, 0.15) is 0 Å². The second-order valence-corrected chi connectivity index (χ2v) is 5.69. The average molecular weight is 238 g/mol. The Hall–Kier alpha value is -0.570. The molecule has 0 radical (unpaired) electrons. The van der Waals surface area contributed by atoms with Crippen molar-refractivity contribution in [2.45, 2.75) is 57.4 Å². The minimum absolute atomic E-state index is 0.352. The van der Waals surface area contributed by atoms with E-state index < -0.39 is 0 Å². The van der Waals surface area contributed by atoms with Crippen LogP contribution in [0.5, 0.6) is 0 Å². The number of carbonyl (C=O) groups is 1. The van der Waals surface area contributed by atoms with Crippen LogP contribution >= 0.6 is 0 Å². The third-order valence-electron chi connectivity index (χ3n) is 4.45. The highest BCUT2D eigenvalue weighted by atomic mass is 16.2. The third kappa shape index (κ3) is 3.70. The van der Waals surface area contributed by atoms with Crippen LogP contribution in [-0.4, -0.2) is 37.0 Å². The van der Waals surface area contributed by atoms with Crippen LogP contribution in [0.2, 0.25) is 0 Å². The molecule has 17 heavy (non-hydrogen) atoms. The van der Waals surface area contributed by atoms with Crippen molar-refractivity contribution in [1.82, 2.24) is 10.2 Å². The molecular formula is C14H26N2O. The molecule has 3 heteroatoms. The standard InChI is InChI=1S/C14H26N2O/c1-16(13-7-4-10-15-11-13)14(17)9-8-12-5-2-3-6-12/h12-13,15H,2-11H2,1H3. The summed E-state index contributed by atoms with van der Waals surface area (Å²) in [6.07, 6.45) is 9.69. The summed E-state index contributed by atoms with van der Waals surface area (Å²) < 4.78 is 0. The number of nitrogens with zero attached hydrogens (tertiary/aromatic N) is 1. The molecule has 0 spiro atoms. The van der Waals surface area contributed by atoms with Crippen LogP contribution in [0.1, 0.15) is 51.4 Å². The van der Waals surface area contributed by atoms with Gasteiger partial charge in [0.05, 0.1) is 0 Å². The molecule has 1 saturated heterocycles. The molecule has 2 rings (SSSR count). The number of rotatable bonds is 4. The lowest BCUT2D eigenvalue weighted by Gasteiger charge is -2.32. The molecule has 0 bridgehead atoms. The predicted octanol–water partition coefficient (Wildman–Crippen LogP) is 2.17. The van der Waals surface area contributed by atoms with Gasteiger partial charge in [-0.3, -0.25) is 4.79 Å². The zero-order valence-electron chi connectivity index (χ0n) is 11.1. The molecule has 2 aliphatic rings. The molecule has 0 aromatic rings. The van der Waals surface area contributed by atoms with Gasteiger partial charge in [-0.15, -0.1) is 0 Å². The van der Waals surface area contributed by atoms with Crippen molar-refractivity contribution in [3.8, 4) is 0 Å². The molecule has 1 amide bonds. The SMILES string of the molecule is CN(C(=O)CCC1CCCC1)C1CCCNC1. The summed E-state index contributed by atoms with van der Waals surface area (Å²) in [7, 11) is 1.98. The van der Waals surface area contributed by atoms with Crippen molar-refractivity contribution in [3.63, 3.8) is 0 Å². The number of hydrogen-bond acceptors (Lipinski definition) is 2. The highest BCUT2D eigenvalue weighted by Crippen LogP contribution is 2.28. The van der Waals surface area contributed by atoms with Crippen LogP contribution in [0, 0.1) is 5.92 Å². The van der Waals surface area contributed by atoms with Gasteiger partial charge in [0, 0.05) is 26.1 Å². The average Bonchev–Trinajstić information content (AvgIpc) is 2.89. The lowest BCUT2D eigenvalue weighted by molar-refractivity contribution is -0.132. The second kappa shape index (κ2) is 6.39. The fourth-order valence-corrected chi connectivity index (χ4v) is 3.17. The van der Waals surface area contributed by atoms with Gasteiger partial charge >= 0.3 is 0 Å². The first kappa shape index (κ1) is 12.9. The maximum atomic E-state index is 12.1. The first-order chi connectivity index (χ1) is 8.27. The maximum Gasteiger partial charge on any atom is 0.222 e. The van der Waals surface area contributed by atoms with Crippen molar-refractivity contribution in [3.05, 3.63) is 0 Å². The highest BCUT2D eigenvalue weighted by molar-refractivity contribution is 5.76. The highest BCUT2D eigenvalue weighted by Gasteiger charge is 2.23. The molecule has 1 unspecified atom stereocenters. The van der Waals surface area contributed by atoms with E-state index in [0.717, 1.165) is 31.8 Å². The van der Waals surface area contributed by atoms with Crippen molar-refractivity contribution < 1.29 is 4.79 Å². The molecular weight excluding hydrogens is 212 g/mol. The molecule has 1 N–H and O–H groups in total. The van der Waals surface area contributed by atoms with Crippen LogP contribution in [0.3, 0.4) is 0 Å². The zero-order valence-corrected chi connectivity index (χ0v) is 11.1. The summed E-state index contributed by atoms with van der Waals surface area (Å²) in [5.41, 5.74) is 0. The van der Waals surface area contributed by atoms with E-state index in [1.165, 1.54) is 38.5 Å². The number of nitrogens with one attached hydrogen (secondary N) is 1. The van der Waals surface area contributed by atoms with Gasteiger partial charge in [-0.05, 0) is 31.7 Å². The van der Waals surface area contributed by atoms with Crippen molar-refractivity contribution in [2.75, 3.05) is 20.1 Å². The van der Waals surface area contributed by atoms with Crippen LogP contribution < -0.4 is 5.32 Å². The van der Waals surface area contributed by atoms with Gasteiger partial charge in [0.25, 0.3) is 0 Å². The van der Waals surface area contributed by atoms with Gasteiger partial charge in [-0.2, -0.15) is 0 Å². The Bertz CT molecular complexity index is 243. The fourth-order valence-electron chi connectivity index (χ4n) is 3.17. The molecule has 3 nitrogen and oxygen atoms in total. The molecule has 1 saturated carbocycles. The summed E-state index contributed by atoms with van der Waals surface area (Å²) in [6, 6.07) is 0.430. The molecule has 0 aromatic heterocycles. The van der Waals surface area contributed by atoms with E-state index in [0.29, 0.717) is 11.9 Å². The third-order valence-corrected chi connectivity index (χ3v) is 4.45. The van der Waals surface area contributed by atoms with Gasteiger partial charge in [0.15, 0.2) is 0 Å². The smallest absolute Gasteiger partial charge is 0.222 e. The van der Waals surface area contributed by atoms with Crippen molar-refractivity contribution >= 4 is 5.91 Å². The fraction of sp³-hybridized carbons (Fsp3) is 0.929. The molecule has 1 heterocycles. The van der Waals surface area contributed by atoms with E-state index in [1.54, 1.807) is 0 Å². The summed E-state index contributed by atoms with van der Waals surface area (Å²) >= 11 is 0. The van der Waals surface area contributed by atoms with Crippen LogP contribution in [0.25, 0.3) is 0 Å². The molecule has 98 valence electrons. The Labute approximate surface area is 105 Å². The van der Waals surface area contributed by atoms with Gasteiger partial charge in [-0.1, -0.05) is 25.7 Å². The minimum Gasteiger partial charge on any atom is -0.342 e. The van der Waals surface area contributed by atoms with Gasteiger partial charge in [-0.25, -0.2) is 0 Å². The number of amides is 1. The van der Waals surface area contributed by atoms with Crippen molar-refractivity contribution in [1.29, 1.82) is 0 Å². The normalized spacial score (nSPS) is 26.1. The van der Waals surface area contributed by atoms with Gasteiger partial charge < -0.3 is 10.2 Å². The number of hydrogen-bond donors (Lipinski definition) is 1. The summed E-state index contributed by atoms with van der Waals surface area (Å²) in [5, 5.41) is 3.37. The van der Waals surface area contributed by atoms with Crippen LogP contribution in [0.15, 0.2) is 0 Å². The van der Waals surface area contributed by atoms with E-state index in [1.807, 2.05) is 11.9 Å². The first-order valence-corrected chi connectivity index (χ1v) is 7.24. The Morgan fingerprint density at radius 3 is 2.65 bits per heavy atom. The molecule has 1 atom stereocenters.